The van der Waals surface area contributed by atoms with Crippen molar-refractivity contribution in [2.45, 2.75) is 24.5 Å². The third-order valence-electron chi connectivity index (χ3n) is 4.22. The van der Waals surface area contributed by atoms with Crippen LogP contribution in [0.2, 0.25) is 0 Å². The second kappa shape index (κ2) is 8.90. The minimum atomic E-state index is -5.73. The van der Waals surface area contributed by atoms with Crippen LogP contribution in [0, 0.1) is 0 Å². The van der Waals surface area contributed by atoms with Gasteiger partial charge in [0.05, 0.1) is 13.7 Å². The van der Waals surface area contributed by atoms with Crippen LogP contribution in [0.15, 0.2) is 11.1 Å². The van der Waals surface area contributed by atoms with E-state index in [4.69, 9.17) is 25.2 Å². The molecule has 19 nitrogen and oxygen atoms in total. The molecular weight excluding hydrogens is 519 g/mol. The number of aromatic amines is 1. The van der Waals surface area contributed by atoms with Gasteiger partial charge >= 0.3 is 29.0 Å². The molecule has 3 heterocycles. The van der Waals surface area contributed by atoms with Gasteiger partial charge in [-0.3, -0.25) is 14.3 Å². The van der Waals surface area contributed by atoms with Crippen LogP contribution in [0.4, 0.5) is 5.95 Å². The van der Waals surface area contributed by atoms with E-state index in [9.17, 15) is 33.6 Å². The second-order valence-corrected chi connectivity index (χ2v) is 11.1. The van der Waals surface area contributed by atoms with Gasteiger partial charge in [0.25, 0.3) is 11.2 Å². The van der Waals surface area contributed by atoms with E-state index in [-0.39, 0.29) is 17.1 Å². The monoisotopic (exact) mass is 538 g/mol. The number of hydrogen-bond donors (Lipinski definition) is 8. The number of fused-ring (bicyclic) bond motifs is 1. The SMILES string of the molecule is C[n+]1cn([C@@H]2O[C@H](COP(=O)(O)OP(=O)(O)OP(=O)(O)O)[C@@H](O)[C@H]2O)c2nc(N)[nH]c(=O)c21. The minimum absolute atomic E-state index is 0.0245. The number of nitrogens with zero attached hydrogens (tertiary/aromatic N) is 3. The van der Waals surface area contributed by atoms with E-state index in [1.807, 2.05) is 0 Å². The van der Waals surface area contributed by atoms with E-state index in [0.717, 1.165) is 0 Å². The van der Waals surface area contributed by atoms with Gasteiger partial charge in [-0.15, -0.1) is 0 Å². The summed E-state index contributed by atoms with van der Waals surface area (Å²) in [6, 6.07) is 0. The zero-order valence-electron chi connectivity index (χ0n) is 16.3. The molecule has 6 atom stereocenters. The maximum Gasteiger partial charge on any atom is 0.490 e. The first kappa shape index (κ1) is 26.1. The van der Waals surface area contributed by atoms with Crippen LogP contribution in [0.3, 0.4) is 0 Å². The smallest absolute Gasteiger partial charge is 0.387 e. The Hall–Kier alpha value is -1.56. The van der Waals surface area contributed by atoms with Crippen molar-refractivity contribution in [2.24, 2.45) is 7.05 Å². The van der Waals surface area contributed by atoms with E-state index in [2.05, 4.69) is 23.1 Å². The molecule has 2 aromatic rings. The summed E-state index contributed by atoms with van der Waals surface area (Å²) < 4.78 is 53.3. The Labute approximate surface area is 182 Å². The number of nitrogens with two attached hydrogens (primary N) is 1. The highest BCUT2D eigenvalue weighted by Gasteiger charge is 2.49. The lowest BCUT2D eigenvalue weighted by molar-refractivity contribution is -0.646. The molecular formula is C11H19N5O14P3+. The normalized spacial score (nSPS) is 27.5. The topological polar surface area (TPSA) is 290 Å². The molecule has 0 bridgehead atoms. The van der Waals surface area contributed by atoms with Crippen molar-refractivity contribution < 1.29 is 65.9 Å². The number of nitrogens with one attached hydrogen (secondary N) is 1. The average molecular weight is 538 g/mol. The number of anilines is 1. The van der Waals surface area contributed by atoms with Gasteiger partial charge < -0.3 is 40.3 Å². The highest BCUT2D eigenvalue weighted by Crippen LogP contribution is 2.66. The summed E-state index contributed by atoms with van der Waals surface area (Å²) in [6.45, 7) is -1.00. The fourth-order valence-electron chi connectivity index (χ4n) is 3.02. The molecule has 22 heteroatoms. The molecule has 3 rings (SSSR count). The number of rotatable bonds is 8. The molecule has 0 spiro atoms. The summed E-state index contributed by atoms with van der Waals surface area (Å²) in [7, 11) is -15.3. The lowest BCUT2D eigenvalue weighted by Crippen LogP contribution is -2.34. The molecule has 33 heavy (non-hydrogen) atoms. The molecule has 1 saturated heterocycles. The molecule has 1 fully saturated rings. The van der Waals surface area contributed by atoms with Crippen LogP contribution >= 0.6 is 23.5 Å². The van der Waals surface area contributed by atoms with Gasteiger partial charge in [0.2, 0.25) is 18.5 Å². The van der Waals surface area contributed by atoms with Crippen molar-refractivity contribution >= 4 is 40.6 Å². The summed E-state index contributed by atoms with van der Waals surface area (Å²) in [6.07, 6.45) is -5.00. The molecule has 0 saturated carbocycles. The Morgan fingerprint density at radius 1 is 1.18 bits per heavy atom. The second-order valence-electron chi connectivity index (χ2n) is 6.69. The van der Waals surface area contributed by atoms with Crippen molar-refractivity contribution in [3.8, 4) is 0 Å². The zero-order chi connectivity index (χ0) is 24.9. The number of aliphatic hydroxyl groups is 2. The molecule has 0 radical (unpaired) electrons. The Morgan fingerprint density at radius 2 is 1.82 bits per heavy atom. The number of hydrogen-bond acceptors (Lipinski definition) is 12. The van der Waals surface area contributed by atoms with E-state index in [1.54, 1.807) is 0 Å². The highest BCUT2D eigenvalue weighted by atomic mass is 31.3. The first-order valence-corrected chi connectivity index (χ1v) is 13.1. The number of ether oxygens (including phenoxy) is 1. The number of aromatic nitrogens is 4. The molecule has 0 aliphatic carbocycles. The molecule has 1 aliphatic heterocycles. The third kappa shape index (κ3) is 5.93. The maximum absolute atomic E-state index is 12.1. The standard InChI is InChI=1S/C11H18N5O14P3/c1-15-3-16(8-5(15)9(19)14-11(12)13-8)10-7(18)6(17)4(28-10)2-27-32(23,24)30-33(25,26)29-31(20,21)22/h3-4,6-7,10,17-18H,2H2,1H3,(H6-,12,13,14,19,20,21,22,23,24,25,26)/p+1/t4-,6-,7-,10-/m1/s1. The number of H-pyrrole nitrogens is 1. The number of phosphoric acid groups is 3. The zero-order valence-corrected chi connectivity index (χ0v) is 19.0. The Kier molecular flexibility index (Phi) is 7.03. The Morgan fingerprint density at radius 3 is 2.42 bits per heavy atom. The summed E-state index contributed by atoms with van der Waals surface area (Å²) in [5, 5.41) is 20.6. The summed E-state index contributed by atoms with van der Waals surface area (Å²) in [5.41, 5.74) is 4.96. The molecule has 186 valence electrons. The van der Waals surface area contributed by atoms with Crippen LogP contribution < -0.4 is 15.9 Å². The summed E-state index contributed by atoms with van der Waals surface area (Å²) in [5.74, 6) is -0.246. The number of aliphatic hydroxyl groups excluding tert-OH is 2. The van der Waals surface area contributed by atoms with E-state index >= 15 is 0 Å². The molecule has 9 N–H and O–H groups in total. The fraction of sp³-hybridized carbons (Fsp3) is 0.545. The Bertz CT molecular complexity index is 1260. The first-order valence-electron chi connectivity index (χ1n) is 8.55. The van der Waals surface area contributed by atoms with Gasteiger partial charge in [-0.1, -0.05) is 0 Å². The van der Waals surface area contributed by atoms with Crippen LogP contribution in [0.25, 0.3) is 11.2 Å². The van der Waals surface area contributed by atoms with Crippen molar-refractivity contribution in [2.75, 3.05) is 12.3 Å². The number of aryl methyl sites for hydroxylation is 1. The van der Waals surface area contributed by atoms with Crippen LogP contribution in [-0.4, -0.2) is 69.2 Å². The average Bonchev–Trinajstić information content (AvgIpc) is 3.07. The molecule has 2 aromatic heterocycles. The number of nitrogen functional groups attached to an aromatic ring is 1. The first-order chi connectivity index (χ1) is 15.0. The van der Waals surface area contributed by atoms with Crippen molar-refractivity contribution in [3.05, 3.63) is 16.7 Å². The lowest BCUT2D eigenvalue weighted by Gasteiger charge is -2.18. The highest BCUT2D eigenvalue weighted by molar-refractivity contribution is 7.66. The number of phosphoric ester groups is 1. The largest absolute Gasteiger partial charge is 0.490 e. The molecule has 0 amide bonds. The number of imidazole rings is 1. The minimum Gasteiger partial charge on any atom is -0.387 e. The van der Waals surface area contributed by atoms with Crippen molar-refractivity contribution in [3.63, 3.8) is 0 Å². The predicted molar refractivity (Wildman–Crippen MR) is 102 cm³/mol. The van der Waals surface area contributed by atoms with Crippen LogP contribution in [0.1, 0.15) is 6.23 Å². The van der Waals surface area contributed by atoms with Crippen LogP contribution in [-0.2, 0) is 38.6 Å². The lowest BCUT2D eigenvalue weighted by atomic mass is 10.1. The van der Waals surface area contributed by atoms with Crippen LogP contribution in [0.5, 0.6) is 0 Å². The van der Waals surface area contributed by atoms with Crippen molar-refractivity contribution in [1.82, 2.24) is 14.5 Å². The Balaban J connectivity index is 1.76. The summed E-state index contributed by atoms with van der Waals surface area (Å²) in [4.78, 5) is 54.1. The predicted octanol–water partition coefficient (Wildman–Crippen LogP) is -2.91. The third-order valence-corrected chi connectivity index (χ3v) is 8.02. The van der Waals surface area contributed by atoms with E-state index in [0.29, 0.717) is 0 Å². The van der Waals surface area contributed by atoms with E-state index < -0.39 is 60.2 Å². The van der Waals surface area contributed by atoms with Gasteiger partial charge in [-0.25, -0.2) is 18.3 Å². The van der Waals surface area contributed by atoms with Gasteiger partial charge in [0, 0.05) is 0 Å². The van der Waals surface area contributed by atoms with Crippen molar-refractivity contribution in [1.29, 1.82) is 0 Å². The molecule has 1 aliphatic rings. The van der Waals surface area contributed by atoms with Gasteiger partial charge in [-0.05, 0) is 0 Å². The van der Waals surface area contributed by atoms with Gasteiger partial charge in [0.15, 0.2) is 0 Å². The molecule has 2 unspecified atom stereocenters. The maximum atomic E-state index is 12.1. The quantitative estimate of drug-likeness (QED) is 0.123. The fourth-order valence-corrected chi connectivity index (χ4v) is 6.05. The molecule has 0 aromatic carbocycles. The van der Waals surface area contributed by atoms with Gasteiger partial charge in [0.1, 0.15) is 18.3 Å². The van der Waals surface area contributed by atoms with Gasteiger partial charge in [-0.2, -0.15) is 18.2 Å². The van der Waals surface area contributed by atoms with E-state index in [1.165, 1.54) is 22.5 Å². The summed E-state index contributed by atoms with van der Waals surface area (Å²) >= 11 is 0.